The van der Waals surface area contributed by atoms with Crippen LogP contribution in [0.25, 0.3) is 0 Å². The molecule has 0 aliphatic carbocycles. The summed E-state index contributed by atoms with van der Waals surface area (Å²) in [5, 5.41) is 3.68. The number of benzene rings is 1. The molecule has 1 atom stereocenters. The van der Waals surface area contributed by atoms with Crippen molar-refractivity contribution in [1.82, 2.24) is 5.32 Å². The van der Waals surface area contributed by atoms with E-state index in [4.69, 9.17) is 11.6 Å². The van der Waals surface area contributed by atoms with Gasteiger partial charge in [0.1, 0.15) is 5.82 Å². The maximum atomic E-state index is 12.8. The Balaban J connectivity index is 2.70. The summed E-state index contributed by atoms with van der Waals surface area (Å²) in [5.41, 5.74) is 1.03. The topological polar surface area (TPSA) is 12.0 Å². The summed E-state index contributed by atoms with van der Waals surface area (Å²) >= 11 is 5.97. The Morgan fingerprint density at radius 1 is 1.47 bits per heavy atom. The zero-order valence-corrected chi connectivity index (χ0v) is 9.94. The van der Waals surface area contributed by atoms with Crippen LogP contribution in [0.5, 0.6) is 0 Å². The molecule has 1 N–H and O–H groups in total. The second kappa shape index (κ2) is 6.09. The molecule has 0 bridgehead atoms. The van der Waals surface area contributed by atoms with E-state index < -0.39 is 0 Å². The Labute approximate surface area is 95.6 Å². The molecule has 0 radical (unpaired) electrons. The molecule has 1 aromatic carbocycles. The molecular weight excluding hydrogens is 213 g/mol. The molecule has 0 saturated carbocycles. The highest BCUT2D eigenvalue weighted by atomic mass is 35.5. The summed E-state index contributed by atoms with van der Waals surface area (Å²) in [6.07, 6.45) is 1.99. The molecule has 0 aliphatic heterocycles. The lowest BCUT2D eigenvalue weighted by Crippen LogP contribution is -2.20. The number of hydrogen-bond acceptors (Lipinski definition) is 1. The minimum Gasteiger partial charge on any atom is -0.319 e. The van der Waals surface area contributed by atoms with E-state index in [0.29, 0.717) is 10.9 Å². The Bertz CT molecular complexity index is 314. The summed E-state index contributed by atoms with van der Waals surface area (Å²) in [6, 6.07) is 4.62. The highest BCUT2D eigenvalue weighted by Crippen LogP contribution is 2.21. The predicted molar refractivity (Wildman–Crippen MR) is 62.8 cm³/mol. The smallest absolute Gasteiger partial charge is 0.124 e. The van der Waals surface area contributed by atoms with Crippen LogP contribution in [0, 0.1) is 11.7 Å². The standard InChI is InChI=1S/C12H17ClFN/c1-3-9(8-15-2)6-10-4-5-11(14)7-12(10)13/h4-5,7,9,15H,3,6,8H2,1-2H3. The van der Waals surface area contributed by atoms with Crippen LogP contribution in [0.15, 0.2) is 18.2 Å². The Kier molecular flexibility index (Phi) is 5.06. The van der Waals surface area contributed by atoms with Crippen molar-refractivity contribution in [1.29, 1.82) is 0 Å². The minimum atomic E-state index is -0.273. The fraction of sp³-hybridized carbons (Fsp3) is 0.500. The van der Waals surface area contributed by atoms with Crippen molar-refractivity contribution in [3.05, 3.63) is 34.6 Å². The van der Waals surface area contributed by atoms with Crippen LogP contribution in [0.2, 0.25) is 5.02 Å². The molecular formula is C12H17ClFN. The molecule has 84 valence electrons. The molecule has 0 fully saturated rings. The first-order chi connectivity index (χ1) is 7.17. The molecule has 1 nitrogen and oxygen atoms in total. The third-order valence-electron chi connectivity index (χ3n) is 2.59. The van der Waals surface area contributed by atoms with Gasteiger partial charge in [-0.05, 0) is 43.6 Å². The first kappa shape index (κ1) is 12.5. The fourth-order valence-electron chi connectivity index (χ4n) is 1.65. The first-order valence-corrected chi connectivity index (χ1v) is 5.63. The molecule has 0 saturated heterocycles. The van der Waals surface area contributed by atoms with E-state index in [1.165, 1.54) is 12.1 Å². The van der Waals surface area contributed by atoms with Gasteiger partial charge >= 0.3 is 0 Å². The zero-order valence-electron chi connectivity index (χ0n) is 9.19. The third-order valence-corrected chi connectivity index (χ3v) is 2.95. The number of hydrogen-bond donors (Lipinski definition) is 1. The largest absolute Gasteiger partial charge is 0.319 e. The van der Waals surface area contributed by atoms with E-state index in [-0.39, 0.29) is 5.82 Å². The zero-order chi connectivity index (χ0) is 11.3. The van der Waals surface area contributed by atoms with E-state index in [2.05, 4.69) is 12.2 Å². The van der Waals surface area contributed by atoms with Crippen LogP contribution in [0.1, 0.15) is 18.9 Å². The number of nitrogens with one attached hydrogen (secondary N) is 1. The van der Waals surface area contributed by atoms with E-state index >= 15 is 0 Å². The Morgan fingerprint density at radius 2 is 2.20 bits per heavy atom. The van der Waals surface area contributed by atoms with Gasteiger partial charge in [0.2, 0.25) is 0 Å². The van der Waals surface area contributed by atoms with Crippen molar-refractivity contribution in [2.45, 2.75) is 19.8 Å². The van der Waals surface area contributed by atoms with Crippen molar-refractivity contribution in [3.8, 4) is 0 Å². The van der Waals surface area contributed by atoms with Crippen LogP contribution < -0.4 is 5.32 Å². The molecule has 0 aromatic heterocycles. The molecule has 1 aromatic rings. The van der Waals surface area contributed by atoms with Gasteiger partial charge in [-0.2, -0.15) is 0 Å². The van der Waals surface area contributed by atoms with Crippen LogP contribution in [-0.4, -0.2) is 13.6 Å². The monoisotopic (exact) mass is 229 g/mol. The summed E-state index contributed by atoms with van der Waals surface area (Å²) in [4.78, 5) is 0. The van der Waals surface area contributed by atoms with Gasteiger partial charge in [-0.15, -0.1) is 0 Å². The van der Waals surface area contributed by atoms with Crippen LogP contribution in [-0.2, 0) is 6.42 Å². The lowest BCUT2D eigenvalue weighted by molar-refractivity contribution is 0.481. The normalized spacial score (nSPS) is 12.8. The van der Waals surface area contributed by atoms with Gasteiger partial charge in [-0.1, -0.05) is 31.0 Å². The van der Waals surface area contributed by atoms with Gasteiger partial charge in [-0.3, -0.25) is 0 Å². The third kappa shape index (κ3) is 3.80. The SMILES string of the molecule is CCC(CNC)Cc1ccc(F)cc1Cl. The number of halogens is 2. The lowest BCUT2D eigenvalue weighted by atomic mass is 9.97. The number of rotatable bonds is 5. The fourth-order valence-corrected chi connectivity index (χ4v) is 1.89. The van der Waals surface area contributed by atoms with Gasteiger partial charge in [0.05, 0.1) is 0 Å². The maximum absolute atomic E-state index is 12.8. The Hall–Kier alpha value is -0.600. The molecule has 1 rings (SSSR count). The quantitative estimate of drug-likeness (QED) is 0.817. The summed E-state index contributed by atoms with van der Waals surface area (Å²) in [5.74, 6) is 0.281. The van der Waals surface area contributed by atoms with Crippen LogP contribution >= 0.6 is 11.6 Å². The van der Waals surface area contributed by atoms with E-state index in [0.717, 1.165) is 24.9 Å². The lowest BCUT2D eigenvalue weighted by Gasteiger charge is -2.15. The van der Waals surface area contributed by atoms with E-state index in [9.17, 15) is 4.39 Å². The van der Waals surface area contributed by atoms with Gasteiger partial charge in [0.25, 0.3) is 0 Å². The van der Waals surface area contributed by atoms with Crippen molar-refractivity contribution < 1.29 is 4.39 Å². The molecule has 0 heterocycles. The summed E-state index contributed by atoms with van der Waals surface area (Å²) < 4.78 is 12.8. The highest BCUT2D eigenvalue weighted by Gasteiger charge is 2.09. The summed E-state index contributed by atoms with van der Waals surface area (Å²) in [6.45, 7) is 3.11. The summed E-state index contributed by atoms with van der Waals surface area (Å²) in [7, 11) is 1.94. The predicted octanol–water partition coefficient (Wildman–Crippen LogP) is 3.27. The average molecular weight is 230 g/mol. The van der Waals surface area contributed by atoms with Gasteiger partial charge in [0, 0.05) is 5.02 Å². The molecule has 1 unspecified atom stereocenters. The second-order valence-electron chi connectivity index (χ2n) is 3.77. The van der Waals surface area contributed by atoms with Crippen LogP contribution in [0.4, 0.5) is 4.39 Å². The average Bonchev–Trinajstić information content (AvgIpc) is 2.21. The maximum Gasteiger partial charge on any atom is 0.124 e. The molecule has 0 spiro atoms. The van der Waals surface area contributed by atoms with E-state index in [1.54, 1.807) is 6.07 Å². The molecule has 0 aliphatic rings. The highest BCUT2D eigenvalue weighted by molar-refractivity contribution is 6.31. The van der Waals surface area contributed by atoms with Gasteiger partial charge < -0.3 is 5.32 Å². The van der Waals surface area contributed by atoms with Crippen LogP contribution in [0.3, 0.4) is 0 Å². The molecule has 0 amide bonds. The van der Waals surface area contributed by atoms with Gasteiger partial charge in [-0.25, -0.2) is 4.39 Å². The molecule has 3 heteroatoms. The van der Waals surface area contributed by atoms with E-state index in [1.807, 2.05) is 7.05 Å². The van der Waals surface area contributed by atoms with Crippen molar-refractivity contribution >= 4 is 11.6 Å². The van der Waals surface area contributed by atoms with Crippen molar-refractivity contribution in [2.24, 2.45) is 5.92 Å². The van der Waals surface area contributed by atoms with Crippen molar-refractivity contribution in [2.75, 3.05) is 13.6 Å². The first-order valence-electron chi connectivity index (χ1n) is 5.25. The van der Waals surface area contributed by atoms with Gasteiger partial charge in [0.15, 0.2) is 0 Å². The van der Waals surface area contributed by atoms with Crippen molar-refractivity contribution in [3.63, 3.8) is 0 Å². The second-order valence-corrected chi connectivity index (χ2v) is 4.18. The Morgan fingerprint density at radius 3 is 2.73 bits per heavy atom. The minimum absolute atomic E-state index is 0.273. The molecule has 15 heavy (non-hydrogen) atoms.